The number of allylic oxidation sites excluding steroid dienone is 1. The van der Waals surface area contributed by atoms with Crippen LogP contribution in [0.1, 0.15) is 26.2 Å². The molecule has 0 aromatic carbocycles. The van der Waals surface area contributed by atoms with Crippen molar-refractivity contribution in [1.82, 2.24) is 5.32 Å². The van der Waals surface area contributed by atoms with Crippen LogP contribution >= 0.6 is 0 Å². The summed E-state index contributed by atoms with van der Waals surface area (Å²) in [6.07, 6.45) is 4.24. The van der Waals surface area contributed by atoms with Crippen LogP contribution in [0.2, 0.25) is 0 Å². The highest BCUT2D eigenvalue weighted by Crippen LogP contribution is 2.22. The quantitative estimate of drug-likeness (QED) is 0.618. The van der Waals surface area contributed by atoms with Crippen molar-refractivity contribution >= 4 is 0 Å². The number of nitrogens with one attached hydrogen (secondary N) is 1. The molecule has 2 heteroatoms. The highest BCUT2D eigenvalue weighted by Gasteiger charge is 2.25. The van der Waals surface area contributed by atoms with E-state index in [9.17, 15) is 4.39 Å². The zero-order valence-corrected chi connectivity index (χ0v) is 7.07. The lowest BCUT2D eigenvalue weighted by Crippen LogP contribution is -2.29. The van der Waals surface area contributed by atoms with Crippen LogP contribution < -0.4 is 5.32 Å². The van der Waals surface area contributed by atoms with Gasteiger partial charge in [0.2, 0.25) is 0 Å². The Labute approximate surface area is 67.7 Å². The van der Waals surface area contributed by atoms with Crippen molar-refractivity contribution in [2.75, 3.05) is 6.54 Å². The molecule has 0 bridgehead atoms. The van der Waals surface area contributed by atoms with E-state index in [1.807, 2.05) is 0 Å². The standard InChI is InChI=1S/C9H16FN/c1-3-9(2,10)7-8-5-4-6-11-8/h3,8,11H,1,4-7H2,2H3. The van der Waals surface area contributed by atoms with Crippen molar-refractivity contribution in [1.29, 1.82) is 0 Å². The lowest BCUT2D eigenvalue weighted by Gasteiger charge is -2.19. The molecule has 2 atom stereocenters. The monoisotopic (exact) mass is 157 g/mol. The summed E-state index contributed by atoms with van der Waals surface area (Å²) in [6, 6.07) is 0.364. The third kappa shape index (κ3) is 2.62. The van der Waals surface area contributed by atoms with E-state index < -0.39 is 5.67 Å². The van der Waals surface area contributed by atoms with Crippen LogP contribution in [0.4, 0.5) is 4.39 Å². The van der Waals surface area contributed by atoms with E-state index >= 15 is 0 Å². The number of hydrogen-bond acceptors (Lipinski definition) is 1. The van der Waals surface area contributed by atoms with Crippen LogP contribution in [-0.4, -0.2) is 18.3 Å². The molecule has 11 heavy (non-hydrogen) atoms. The van der Waals surface area contributed by atoms with Crippen LogP contribution in [0.25, 0.3) is 0 Å². The van der Waals surface area contributed by atoms with Gasteiger partial charge in [-0.1, -0.05) is 12.7 Å². The lowest BCUT2D eigenvalue weighted by molar-refractivity contribution is 0.219. The third-order valence-corrected chi connectivity index (χ3v) is 2.23. The van der Waals surface area contributed by atoms with E-state index in [1.54, 1.807) is 6.92 Å². The van der Waals surface area contributed by atoms with Gasteiger partial charge in [0.05, 0.1) is 0 Å². The van der Waals surface area contributed by atoms with E-state index in [0.717, 1.165) is 13.0 Å². The van der Waals surface area contributed by atoms with Gasteiger partial charge in [0.1, 0.15) is 5.67 Å². The van der Waals surface area contributed by atoms with Crippen LogP contribution in [0.5, 0.6) is 0 Å². The van der Waals surface area contributed by atoms with Crippen molar-refractivity contribution in [2.24, 2.45) is 0 Å². The van der Waals surface area contributed by atoms with Gasteiger partial charge in [0.15, 0.2) is 0 Å². The summed E-state index contributed by atoms with van der Waals surface area (Å²) < 4.78 is 13.3. The van der Waals surface area contributed by atoms with Gasteiger partial charge in [-0.3, -0.25) is 0 Å². The van der Waals surface area contributed by atoms with Crippen LogP contribution in [0, 0.1) is 0 Å². The fraction of sp³-hybridized carbons (Fsp3) is 0.778. The van der Waals surface area contributed by atoms with Crippen molar-refractivity contribution in [2.45, 2.75) is 37.9 Å². The summed E-state index contributed by atoms with van der Waals surface area (Å²) in [6.45, 7) is 6.09. The summed E-state index contributed by atoms with van der Waals surface area (Å²) in [5, 5.41) is 3.26. The molecular formula is C9H16FN. The zero-order valence-electron chi connectivity index (χ0n) is 7.07. The van der Waals surface area contributed by atoms with E-state index in [0.29, 0.717) is 12.5 Å². The predicted molar refractivity (Wildman–Crippen MR) is 45.4 cm³/mol. The molecule has 2 unspecified atom stereocenters. The van der Waals surface area contributed by atoms with Gasteiger partial charge in [-0.2, -0.15) is 0 Å². The molecule has 1 N–H and O–H groups in total. The first-order valence-electron chi connectivity index (χ1n) is 4.20. The Hall–Kier alpha value is -0.370. The average Bonchev–Trinajstić information content (AvgIpc) is 2.39. The van der Waals surface area contributed by atoms with Crippen LogP contribution in [0.15, 0.2) is 12.7 Å². The summed E-state index contributed by atoms with van der Waals surface area (Å²) in [7, 11) is 0. The van der Waals surface area contributed by atoms with Crippen LogP contribution in [-0.2, 0) is 0 Å². The first-order chi connectivity index (χ1) is 5.14. The second kappa shape index (κ2) is 3.35. The van der Waals surface area contributed by atoms with Gasteiger partial charge in [-0.15, -0.1) is 0 Å². The third-order valence-electron chi connectivity index (χ3n) is 2.23. The molecule has 1 saturated heterocycles. The normalized spacial score (nSPS) is 29.8. The number of hydrogen-bond donors (Lipinski definition) is 1. The van der Waals surface area contributed by atoms with E-state index in [2.05, 4.69) is 11.9 Å². The maximum absolute atomic E-state index is 13.3. The topological polar surface area (TPSA) is 12.0 Å². The maximum Gasteiger partial charge on any atom is 0.127 e. The van der Waals surface area contributed by atoms with Crippen molar-refractivity contribution < 1.29 is 4.39 Å². The Balaban J connectivity index is 2.33. The number of halogens is 1. The Morgan fingerprint density at radius 1 is 1.82 bits per heavy atom. The van der Waals surface area contributed by atoms with E-state index in [1.165, 1.54) is 12.5 Å². The molecule has 64 valence electrons. The highest BCUT2D eigenvalue weighted by molar-refractivity contribution is 4.96. The molecule has 0 spiro atoms. The van der Waals surface area contributed by atoms with Gasteiger partial charge in [-0.25, -0.2) is 4.39 Å². The molecule has 1 fully saturated rings. The second-order valence-corrected chi connectivity index (χ2v) is 3.48. The molecule has 1 heterocycles. The molecule has 0 amide bonds. The SMILES string of the molecule is C=CC(C)(F)CC1CCCN1. The molecule has 0 saturated carbocycles. The van der Waals surface area contributed by atoms with Crippen molar-refractivity contribution in [3.8, 4) is 0 Å². The minimum atomic E-state index is -1.19. The van der Waals surface area contributed by atoms with Gasteiger partial charge < -0.3 is 5.32 Å². The van der Waals surface area contributed by atoms with Crippen molar-refractivity contribution in [3.05, 3.63) is 12.7 Å². The fourth-order valence-electron chi connectivity index (χ4n) is 1.50. The average molecular weight is 157 g/mol. The summed E-state index contributed by atoms with van der Waals surface area (Å²) in [5.74, 6) is 0. The molecule has 0 aromatic heterocycles. The molecule has 0 aliphatic carbocycles. The molecule has 1 aliphatic rings. The van der Waals surface area contributed by atoms with Gasteiger partial charge in [0, 0.05) is 12.5 Å². The van der Waals surface area contributed by atoms with Crippen molar-refractivity contribution in [3.63, 3.8) is 0 Å². The van der Waals surface area contributed by atoms with Crippen LogP contribution in [0.3, 0.4) is 0 Å². The fourth-order valence-corrected chi connectivity index (χ4v) is 1.50. The number of alkyl halides is 1. The molecular weight excluding hydrogens is 141 g/mol. The predicted octanol–water partition coefficient (Wildman–Crippen LogP) is 2.04. The number of rotatable bonds is 3. The first-order valence-corrected chi connectivity index (χ1v) is 4.20. The summed E-state index contributed by atoms with van der Waals surface area (Å²) >= 11 is 0. The van der Waals surface area contributed by atoms with Gasteiger partial charge in [-0.05, 0) is 26.3 Å². The van der Waals surface area contributed by atoms with Gasteiger partial charge in [0.25, 0.3) is 0 Å². The van der Waals surface area contributed by atoms with E-state index in [4.69, 9.17) is 0 Å². The molecule has 1 rings (SSSR count). The van der Waals surface area contributed by atoms with Gasteiger partial charge >= 0.3 is 0 Å². The second-order valence-electron chi connectivity index (χ2n) is 3.48. The molecule has 0 radical (unpaired) electrons. The Morgan fingerprint density at radius 2 is 2.55 bits per heavy atom. The minimum absolute atomic E-state index is 0.364. The Morgan fingerprint density at radius 3 is 3.00 bits per heavy atom. The van der Waals surface area contributed by atoms with E-state index in [-0.39, 0.29) is 0 Å². The minimum Gasteiger partial charge on any atom is -0.314 e. The lowest BCUT2D eigenvalue weighted by atomic mass is 9.98. The molecule has 0 aromatic rings. The highest BCUT2D eigenvalue weighted by atomic mass is 19.1. The smallest absolute Gasteiger partial charge is 0.127 e. The summed E-state index contributed by atoms with van der Waals surface area (Å²) in [5.41, 5.74) is -1.19. The Kier molecular flexibility index (Phi) is 2.66. The summed E-state index contributed by atoms with van der Waals surface area (Å²) in [4.78, 5) is 0. The first kappa shape index (κ1) is 8.72. The largest absolute Gasteiger partial charge is 0.314 e. The maximum atomic E-state index is 13.3. The molecule has 1 nitrogen and oxygen atoms in total. The zero-order chi connectivity index (χ0) is 8.32. The Bertz CT molecular complexity index is 136. The molecule has 1 aliphatic heterocycles.